The molecule has 0 amide bonds. The second-order valence-corrected chi connectivity index (χ2v) is 5.08. The quantitative estimate of drug-likeness (QED) is 0.386. The van der Waals surface area contributed by atoms with Gasteiger partial charge in [0.05, 0.1) is 7.11 Å². The number of hydrogen-bond acceptors (Lipinski definition) is 6. The van der Waals surface area contributed by atoms with E-state index in [9.17, 15) is 23.2 Å². The zero-order chi connectivity index (χ0) is 17.5. The average molecular weight is 322 g/mol. The molecule has 126 valence electrons. The van der Waals surface area contributed by atoms with Crippen LogP contribution in [0, 0.1) is 5.92 Å². The lowest BCUT2D eigenvalue weighted by molar-refractivity contribution is -0.199. The molecule has 0 aliphatic heterocycles. The van der Waals surface area contributed by atoms with Gasteiger partial charge in [-0.25, -0.2) is 14.4 Å². The summed E-state index contributed by atoms with van der Waals surface area (Å²) in [5, 5.41) is 0. The summed E-state index contributed by atoms with van der Waals surface area (Å²) >= 11 is 0. The van der Waals surface area contributed by atoms with Crippen LogP contribution >= 0.6 is 0 Å². The Labute approximate surface area is 127 Å². The summed E-state index contributed by atoms with van der Waals surface area (Å²) in [7, 11) is 0.805. The summed E-state index contributed by atoms with van der Waals surface area (Å²) in [5.41, 5.74) is 0.0476. The monoisotopic (exact) mass is 322 g/mol. The topological polar surface area (TPSA) is 78.9 Å². The van der Waals surface area contributed by atoms with Crippen molar-refractivity contribution in [3.05, 3.63) is 12.2 Å². The normalized spacial score (nSPS) is 12.5. The van der Waals surface area contributed by atoms with Gasteiger partial charge in [0.1, 0.15) is 0 Å². The van der Waals surface area contributed by atoms with E-state index in [1.165, 1.54) is 6.92 Å². The number of hydrogen-bond donors (Lipinski definition) is 0. The lowest BCUT2D eigenvalue weighted by Crippen LogP contribution is -2.46. The Morgan fingerprint density at radius 1 is 1.23 bits per heavy atom. The summed E-state index contributed by atoms with van der Waals surface area (Å²) in [5.74, 6) is -8.11. The molecule has 0 aliphatic carbocycles. The van der Waals surface area contributed by atoms with E-state index >= 15 is 0 Å². The van der Waals surface area contributed by atoms with Gasteiger partial charge in [-0.05, 0) is 19.3 Å². The summed E-state index contributed by atoms with van der Waals surface area (Å²) in [6.07, 6.45) is -2.27. The standard InChI is InChI=1S/C14H20F2O6/c1-8(2)6-10(14(15,16)13(19)20-5)22-11(17)7-21-12(18)9(3)4/h8,10H,3,6-7H2,1-2,4-5H3. The number of ether oxygens (including phenoxy) is 3. The van der Waals surface area contributed by atoms with Crippen LogP contribution in [0.1, 0.15) is 27.2 Å². The van der Waals surface area contributed by atoms with Crippen LogP contribution in [0.2, 0.25) is 0 Å². The fourth-order valence-corrected chi connectivity index (χ4v) is 1.41. The zero-order valence-corrected chi connectivity index (χ0v) is 13.0. The van der Waals surface area contributed by atoms with Crippen molar-refractivity contribution in [1.29, 1.82) is 0 Å². The van der Waals surface area contributed by atoms with Crippen molar-refractivity contribution in [2.24, 2.45) is 5.92 Å². The number of methoxy groups -OCH3 is 1. The molecule has 0 aliphatic rings. The number of halogens is 2. The first-order valence-electron chi connectivity index (χ1n) is 6.50. The maximum Gasteiger partial charge on any atom is 0.380 e. The molecule has 0 aromatic heterocycles. The maximum atomic E-state index is 13.9. The van der Waals surface area contributed by atoms with Crippen LogP contribution in [0.3, 0.4) is 0 Å². The second-order valence-electron chi connectivity index (χ2n) is 5.08. The van der Waals surface area contributed by atoms with Gasteiger partial charge < -0.3 is 14.2 Å². The second kappa shape index (κ2) is 8.45. The minimum absolute atomic E-state index is 0.0476. The van der Waals surface area contributed by atoms with Gasteiger partial charge in [-0.3, -0.25) is 0 Å². The SMILES string of the molecule is C=C(C)C(=O)OCC(=O)OC(CC(C)C)C(F)(F)C(=O)OC. The number of carbonyl (C=O) groups excluding carboxylic acids is 3. The minimum Gasteiger partial charge on any atom is -0.464 e. The molecule has 0 bridgehead atoms. The van der Waals surface area contributed by atoms with E-state index in [1.54, 1.807) is 13.8 Å². The Kier molecular flexibility index (Phi) is 7.69. The minimum atomic E-state index is -3.99. The van der Waals surface area contributed by atoms with Crippen molar-refractivity contribution in [3.63, 3.8) is 0 Å². The Morgan fingerprint density at radius 3 is 2.18 bits per heavy atom. The van der Waals surface area contributed by atoms with Crippen LogP contribution < -0.4 is 0 Å². The van der Waals surface area contributed by atoms with Gasteiger partial charge in [0.25, 0.3) is 0 Å². The summed E-state index contributed by atoms with van der Waals surface area (Å²) < 4.78 is 40.8. The molecule has 8 heteroatoms. The Hall–Kier alpha value is -1.99. The fraction of sp³-hybridized carbons (Fsp3) is 0.643. The molecule has 0 N–H and O–H groups in total. The van der Waals surface area contributed by atoms with E-state index in [1.807, 2.05) is 0 Å². The lowest BCUT2D eigenvalue weighted by Gasteiger charge is -2.25. The molecular weight excluding hydrogens is 302 g/mol. The molecular formula is C14H20F2O6. The third-order valence-corrected chi connectivity index (χ3v) is 2.49. The highest BCUT2D eigenvalue weighted by molar-refractivity contribution is 5.88. The molecule has 0 radical (unpaired) electrons. The molecule has 0 saturated heterocycles. The van der Waals surface area contributed by atoms with Crippen LogP contribution in [0.4, 0.5) is 8.78 Å². The predicted octanol–water partition coefficient (Wildman–Crippen LogP) is 1.87. The van der Waals surface area contributed by atoms with Crippen LogP contribution in [0.5, 0.6) is 0 Å². The first-order chi connectivity index (χ1) is 10.0. The molecule has 1 unspecified atom stereocenters. The Morgan fingerprint density at radius 2 is 1.77 bits per heavy atom. The van der Waals surface area contributed by atoms with E-state index in [0.29, 0.717) is 0 Å². The van der Waals surface area contributed by atoms with Crippen molar-refractivity contribution in [2.75, 3.05) is 13.7 Å². The van der Waals surface area contributed by atoms with Crippen molar-refractivity contribution >= 4 is 17.9 Å². The zero-order valence-electron chi connectivity index (χ0n) is 13.0. The molecule has 0 saturated carbocycles. The summed E-state index contributed by atoms with van der Waals surface area (Å²) in [4.78, 5) is 33.7. The van der Waals surface area contributed by atoms with Gasteiger partial charge in [-0.2, -0.15) is 8.78 Å². The number of rotatable bonds is 8. The van der Waals surface area contributed by atoms with E-state index in [2.05, 4.69) is 20.8 Å². The maximum absolute atomic E-state index is 13.9. The molecule has 0 fully saturated rings. The Balaban J connectivity index is 4.86. The van der Waals surface area contributed by atoms with Crippen LogP contribution in [0.25, 0.3) is 0 Å². The molecule has 22 heavy (non-hydrogen) atoms. The highest BCUT2D eigenvalue weighted by atomic mass is 19.3. The first-order valence-corrected chi connectivity index (χ1v) is 6.50. The van der Waals surface area contributed by atoms with Crippen molar-refractivity contribution < 1.29 is 37.4 Å². The van der Waals surface area contributed by atoms with Crippen LogP contribution in [-0.2, 0) is 28.6 Å². The van der Waals surface area contributed by atoms with E-state index in [0.717, 1.165) is 7.11 Å². The third-order valence-electron chi connectivity index (χ3n) is 2.49. The largest absolute Gasteiger partial charge is 0.464 e. The number of esters is 3. The predicted molar refractivity (Wildman–Crippen MR) is 72.1 cm³/mol. The van der Waals surface area contributed by atoms with E-state index < -0.39 is 36.5 Å². The highest BCUT2D eigenvalue weighted by Crippen LogP contribution is 2.28. The van der Waals surface area contributed by atoms with Crippen molar-refractivity contribution in [3.8, 4) is 0 Å². The number of alkyl halides is 2. The van der Waals surface area contributed by atoms with Crippen molar-refractivity contribution in [2.45, 2.75) is 39.2 Å². The third kappa shape index (κ3) is 6.19. The molecule has 6 nitrogen and oxygen atoms in total. The van der Waals surface area contributed by atoms with E-state index in [4.69, 9.17) is 0 Å². The van der Waals surface area contributed by atoms with Gasteiger partial charge in [0.2, 0.25) is 0 Å². The lowest BCUT2D eigenvalue weighted by atomic mass is 10.0. The fourth-order valence-electron chi connectivity index (χ4n) is 1.41. The van der Waals surface area contributed by atoms with Gasteiger partial charge in [-0.1, -0.05) is 20.4 Å². The van der Waals surface area contributed by atoms with E-state index in [-0.39, 0.29) is 17.9 Å². The molecule has 0 spiro atoms. The van der Waals surface area contributed by atoms with Gasteiger partial charge in [0.15, 0.2) is 12.7 Å². The molecule has 0 aromatic rings. The van der Waals surface area contributed by atoms with Crippen LogP contribution in [0.15, 0.2) is 12.2 Å². The molecule has 1 atom stereocenters. The summed E-state index contributed by atoms with van der Waals surface area (Å²) in [6.45, 7) is 7.05. The van der Waals surface area contributed by atoms with Gasteiger partial charge in [-0.15, -0.1) is 0 Å². The smallest absolute Gasteiger partial charge is 0.380 e. The molecule has 0 heterocycles. The van der Waals surface area contributed by atoms with Crippen LogP contribution in [-0.4, -0.2) is 43.7 Å². The van der Waals surface area contributed by atoms with Crippen molar-refractivity contribution in [1.82, 2.24) is 0 Å². The highest BCUT2D eigenvalue weighted by Gasteiger charge is 2.51. The number of carbonyl (C=O) groups is 3. The van der Waals surface area contributed by atoms with Gasteiger partial charge in [0, 0.05) is 5.57 Å². The summed E-state index contributed by atoms with van der Waals surface area (Å²) in [6, 6.07) is 0. The molecule has 0 aromatic carbocycles. The average Bonchev–Trinajstić information content (AvgIpc) is 2.42. The molecule has 0 rings (SSSR count). The van der Waals surface area contributed by atoms with Gasteiger partial charge >= 0.3 is 23.8 Å². The Bertz CT molecular complexity index is 445. The first kappa shape index (κ1) is 20.0.